The molecule has 8 heteroatoms. The normalized spacial score (nSPS) is 11.6. The van der Waals surface area contributed by atoms with E-state index in [1.165, 1.54) is 0 Å². The van der Waals surface area contributed by atoms with Gasteiger partial charge in [0, 0.05) is 18.2 Å². The van der Waals surface area contributed by atoms with Gasteiger partial charge in [0.25, 0.3) is 0 Å². The van der Waals surface area contributed by atoms with Gasteiger partial charge in [0.2, 0.25) is 0 Å². The molecular formula is C7H5BrClF3N2O. The lowest BCUT2D eigenvalue weighted by molar-refractivity contribution is -0.274. The van der Waals surface area contributed by atoms with Crippen molar-refractivity contribution >= 4 is 27.5 Å². The second-order valence-electron chi connectivity index (χ2n) is 2.46. The van der Waals surface area contributed by atoms with Crippen LogP contribution in [0.3, 0.4) is 0 Å². The molecule has 15 heavy (non-hydrogen) atoms. The highest BCUT2D eigenvalue weighted by molar-refractivity contribution is 9.10. The van der Waals surface area contributed by atoms with Gasteiger partial charge in [-0.15, -0.1) is 13.2 Å². The van der Waals surface area contributed by atoms with Crippen LogP contribution in [0.2, 0.25) is 5.15 Å². The third-order valence-corrected chi connectivity index (χ3v) is 2.28. The number of hydrogen-bond donors (Lipinski definition) is 1. The van der Waals surface area contributed by atoms with Gasteiger partial charge in [0.05, 0.1) is 0 Å². The van der Waals surface area contributed by atoms with Gasteiger partial charge in [-0.3, -0.25) is 0 Å². The summed E-state index contributed by atoms with van der Waals surface area (Å²) in [5.74, 6) is -0.447. The molecule has 0 aliphatic heterocycles. The van der Waals surface area contributed by atoms with Crippen molar-refractivity contribution in [2.24, 2.45) is 5.73 Å². The van der Waals surface area contributed by atoms with E-state index in [-0.39, 0.29) is 21.9 Å². The van der Waals surface area contributed by atoms with Crippen molar-refractivity contribution in [2.45, 2.75) is 12.9 Å². The molecule has 0 aliphatic carbocycles. The highest BCUT2D eigenvalue weighted by Crippen LogP contribution is 2.32. The lowest BCUT2D eigenvalue weighted by Crippen LogP contribution is -2.19. The van der Waals surface area contributed by atoms with E-state index in [9.17, 15) is 13.2 Å². The molecule has 0 saturated heterocycles. The van der Waals surface area contributed by atoms with Crippen LogP contribution in [0.25, 0.3) is 0 Å². The maximum absolute atomic E-state index is 12.0. The number of nitrogens with zero attached hydrogens (tertiary/aromatic N) is 1. The van der Waals surface area contributed by atoms with Gasteiger partial charge in [-0.2, -0.15) is 0 Å². The number of alkyl halides is 3. The number of rotatable bonds is 2. The predicted octanol–water partition coefficient (Wildman–Crippen LogP) is 2.85. The van der Waals surface area contributed by atoms with E-state index in [0.717, 1.165) is 6.07 Å². The van der Waals surface area contributed by atoms with Gasteiger partial charge in [0.15, 0.2) is 0 Å². The average Bonchev–Trinajstić information content (AvgIpc) is 1.99. The van der Waals surface area contributed by atoms with Crippen molar-refractivity contribution in [2.75, 3.05) is 0 Å². The topological polar surface area (TPSA) is 48.1 Å². The fraction of sp³-hybridized carbons (Fsp3) is 0.286. The molecule has 84 valence electrons. The molecule has 0 radical (unpaired) electrons. The van der Waals surface area contributed by atoms with Crippen molar-refractivity contribution in [3.63, 3.8) is 0 Å². The molecule has 0 amide bonds. The van der Waals surface area contributed by atoms with Gasteiger partial charge < -0.3 is 10.5 Å². The summed E-state index contributed by atoms with van der Waals surface area (Å²) in [5.41, 5.74) is 5.37. The summed E-state index contributed by atoms with van der Waals surface area (Å²) in [4.78, 5) is 3.69. The largest absolute Gasteiger partial charge is 0.573 e. The Hall–Kier alpha value is -0.530. The van der Waals surface area contributed by atoms with Gasteiger partial charge in [-0.1, -0.05) is 11.6 Å². The molecule has 0 saturated carbocycles. The standard InChI is InChI=1S/C7H5BrClF3N2O/c8-6-3(2-13)4(1-5(9)14-6)15-7(10,11)12/h1H,2,13H2. The highest BCUT2D eigenvalue weighted by atomic mass is 79.9. The van der Waals surface area contributed by atoms with Crippen LogP contribution in [0.5, 0.6) is 5.75 Å². The Labute approximate surface area is 96.5 Å². The highest BCUT2D eigenvalue weighted by Gasteiger charge is 2.32. The molecule has 0 atom stereocenters. The first-order valence-electron chi connectivity index (χ1n) is 3.64. The summed E-state index contributed by atoms with van der Waals surface area (Å²) < 4.78 is 39.8. The molecular weight excluding hydrogens is 300 g/mol. The van der Waals surface area contributed by atoms with Crippen LogP contribution < -0.4 is 10.5 Å². The Morgan fingerprint density at radius 2 is 2.13 bits per heavy atom. The van der Waals surface area contributed by atoms with Crippen molar-refractivity contribution in [1.29, 1.82) is 0 Å². The van der Waals surface area contributed by atoms with Crippen LogP contribution in [-0.2, 0) is 6.54 Å². The van der Waals surface area contributed by atoms with Crippen LogP contribution in [-0.4, -0.2) is 11.3 Å². The fourth-order valence-electron chi connectivity index (χ4n) is 0.891. The van der Waals surface area contributed by atoms with E-state index >= 15 is 0 Å². The number of pyridine rings is 1. The van der Waals surface area contributed by atoms with Crippen LogP contribution in [0.1, 0.15) is 5.56 Å². The Balaban J connectivity index is 3.15. The van der Waals surface area contributed by atoms with E-state index in [1.54, 1.807) is 0 Å². The molecule has 0 unspecified atom stereocenters. The molecule has 2 N–H and O–H groups in total. The molecule has 1 aromatic heterocycles. The Kier molecular flexibility index (Phi) is 3.80. The van der Waals surface area contributed by atoms with E-state index < -0.39 is 12.1 Å². The fourth-order valence-corrected chi connectivity index (χ4v) is 1.73. The Bertz CT molecular complexity index is 372. The van der Waals surface area contributed by atoms with Gasteiger partial charge >= 0.3 is 6.36 Å². The quantitative estimate of drug-likeness (QED) is 0.855. The molecule has 0 spiro atoms. The first-order valence-corrected chi connectivity index (χ1v) is 4.81. The van der Waals surface area contributed by atoms with E-state index in [0.29, 0.717) is 0 Å². The van der Waals surface area contributed by atoms with Gasteiger partial charge in [-0.05, 0) is 15.9 Å². The van der Waals surface area contributed by atoms with E-state index in [4.69, 9.17) is 17.3 Å². The smallest absolute Gasteiger partial charge is 0.405 e. The minimum Gasteiger partial charge on any atom is -0.405 e. The molecule has 0 aliphatic rings. The minimum atomic E-state index is -4.78. The first kappa shape index (κ1) is 12.5. The zero-order chi connectivity index (χ0) is 11.6. The molecule has 1 aromatic rings. The summed E-state index contributed by atoms with van der Waals surface area (Å²) in [5, 5.41) is -0.113. The summed E-state index contributed by atoms with van der Waals surface area (Å²) in [6.07, 6.45) is -4.78. The predicted molar refractivity (Wildman–Crippen MR) is 51.5 cm³/mol. The van der Waals surface area contributed by atoms with Crippen molar-refractivity contribution in [3.05, 3.63) is 21.4 Å². The number of halogens is 5. The zero-order valence-corrected chi connectivity index (χ0v) is 9.45. The number of hydrogen-bond acceptors (Lipinski definition) is 3. The molecule has 0 bridgehead atoms. The van der Waals surface area contributed by atoms with Crippen LogP contribution >= 0.6 is 27.5 Å². The minimum absolute atomic E-state index is 0.108. The van der Waals surface area contributed by atoms with E-state index in [2.05, 4.69) is 25.7 Å². The number of ether oxygens (including phenoxy) is 1. The van der Waals surface area contributed by atoms with Crippen LogP contribution in [0.4, 0.5) is 13.2 Å². The maximum atomic E-state index is 12.0. The van der Waals surface area contributed by atoms with E-state index in [1.807, 2.05) is 0 Å². The Morgan fingerprint density at radius 3 is 2.60 bits per heavy atom. The molecule has 0 aromatic carbocycles. The number of aromatic nitrogens is 1. The average molecular weight is 305 g/mol. The van der Waals surface area contributed by atoms with Crippen LogP contribution in [0, 0.1) is 0 Å². The summed E-state index contributed by atoms with van der Waals surface area (Å²) in [6, 6.07) is 0.960. The molecule has 3 nitrogen and oxygen atoms in total. The van der Waals surface area contributed by atoms with Gasteiger partial charge in [0.1, 0.15) is 15.5 Å². The van der Waals surface area contributed by atoms with Crippen molar-refractivity contribution in [3.8, 4) is 5.75 Å². The second-order valence-corrected chi connectivity index (χ2v) is 3.60. The second kappa shape index (κ2) is 4.54. The van der Waals surface area contributed by atoms with Crippen molar-refractivity contribution in [1.82, 2.24) is 4.98 Å². The van der Waals surface area contributed by atoms with Crippen LogP contribution in [0.15, 0.2) is 10.7 Å². The third kappa shape index (κ3) is 3.51. The van der Waals surface area contributed by atoms with Gasteiger partial charge in [-0.25, -0.2) is 4.98 Å². The van der Waals surface area contributed by atoms with Crippen molar-refractivity contribution < 1.29 is 17.9 Å². The third-order valence-electron chi connectivity index (χ3n) is 1.43. The Morgan fingerprint density at radius 1 is 1.53 bits per heavy atom. The molecule has 1 rings (SSSR count). The summed E-state index contributed by atoms with van der Waals surface area (Å²) in [7, 11) is 0. The zero-order valence-electron chi connectivity index (χ0n) is 7.11. The summed E-state index contributed by atoms with van der Waals surface area (Å²) >= 11 is 8.42. The molecule has 1 heterocycles. The molecule has 0 fully saturated rings. The lowest BCUT2D eigenvalue weighted by atomic mass is 10.2. The summed E-state index contributed by atoms with van der Waals surface area (Å²) in [6.45, 7) is -0.143. The SMILES string of the molecule is NCc1c(OC(F)(F)F)cc(Cl)nc1Br. The lowest BCUT2D eigenvalue weighted by Gasteiger charge is -2.13. The number of nitrogens with two attached hydrogens (primary N) is 1. The first-order chi connectivity index (χ1) is 6.83. The maximum Gasteiger partial charge on any atom is 0.573 e. The monoisotopic (exact) mass is 304 g/mol.